The molecule has 2 N–H and O–H groups in total. The van der Waals surface area contributed by atoms with E-state index in [4.69, 9.17) is 14.8 Å². The molecular formula is C24H39N3O3S. The Morgan fingerprint density at radius 2 is 2.00 bits per heavy atom. The van der Waals surface area contributed by atoms with E-state index >= 15 is 0 Å². The topological polar surface area (TPSA) is 74.2 Å². The minimum atomic E-state index is -0.835. The van der Waals surface area contributed by atoms with Crippen molar-refractivity contribution in [3.8, 4) is 0 Å². The maximum absolute atomic E-state index is 10.6. The van der Waals surface area contributed by atoms with Crippen molar-refractivity contribution in [2.45, 2.75) is 58.8 Å². The third kappa shape index (κ3) is 11.8. The lowest BCUT2D eigenvalue weighted by molar-refractivity contribution is -0.136. The number of hydrogen-bond donors (Lipinski definition) is 2. The Labute approximate surface area is 192 Å². The summed E-state index contributed by atoms with van der Waals surface area (Å²) in [5.41, 5.74) is 1.95. The quantitative estimate of drug-likeness (QED) is 0.344. The molecule has 0 radical (unpaired) electrons. The van der Waals surface area contributed by atoms with Crippen LogP contribution in [-0.4, -0.2) is 48.4 Å². The molecule has 0 unspecified atom stereocenters. The summed E-state index contributed by atoms with van der Waals surface area (Å²) < 4.78 is 7.34. The Bertz CT molecular complexity index is 723. The van der Waals surface area contributed by atoms with Crippen LogP contribution < -0.4 is 5.32 Å². The smallest absolute Gasteiger partial charge is 0.307 e. The number of rotatable bonds is 9. The van der Waals surface area contributed by atoms with Gasteiger partial charge in [-0.1, -0.05) is 40.7 Å². The van der Waals surface area contributed by atoms with Crippen LogP contribution in [0.5, 0.6) is 0 Å². The van der Waals surface area contributed by atoms with E-state index in [9.17, 15) is 4.79 Å². The lowest BCUT2D eigenvalue weighted by Crippen LogP contribution is -2.22. The highest BCUT2D eigenvalue weighted by atomic mass is 32.2. The molecule has 7 heteroatoms. The summed E-state index contributed by atoms with van der Waals surface area (Å²) in [5, 5.41) is 12.3. The van der Waals surface area contributed by atoms with Crippen LogP contribution in [0.15, 0.2) is 40.4 Å². The van der Waals surface area contributed by atoms with Gasteiger partial charge in [0.1, 0.15) is 0 Å². The van der Waals surface area contributed by atoms with E-state index in [-0.39, 0.29) is 11.8 Å². The maximum atomic E-state index is 10.6. The Morgan fingerprint density at radius 3 is 2.61 bits per heavy atom. The van der Waals surface area contributed by atoms with Gasteiger partial charge in [0.25, 0.3) is 0 Å². The average molecular weight is 450 g/mol. The third-order valence-corrected chi connectivity index (χ3v) is 5.21. The van der Waals surface area contributed by atoms with Crippen molar-refractivity contribution < 1.29 is 14.6 Å². The fourth-order valence-electron chi connectivity index (χ4n) is 2.79. The second-order valence-electron chi connectivity index (χ2n) is 8.36. The lowest BCUT2D eigenvalue weighted by atomic mass is 9.99. The number of ether oxygens (including phenoxy) is 1. The number of carbonyl (C=O) groups is 1. The summed E-state index contributed by atoms with van der Waals surface area (Å²) in [4.78, 5) is 16.4. The fourth-order valence-corrected chi connectivity index (χ4v) is 3.56. The van der Waals surface area contributed by atoms with E-state index < -0.39 is 5.97 Å². The Morgan fingerprint density at radius 1 is 1.32 bits per heavy atom. The standard InChI is InChI=1S/C22H33N3O3S.C2H6/c1-22(2,3)16-24-20-14-18(29-25(4)11-5-6-21(26)27)7-8-19(20)23-15-17-9-12-28-13-10-17;1-2/h5,7-8,11,14,16-17,23H,6,9-10,12-13,15H2,1-4H3,(H,26,27);1-2H3/b11-5-,24-16?;. The molecule has 0 spiro atoms. The van der Waals surface area contributed by atoms with Crippen molar-refractivity contribution in [3.05, 3.63) is 30.5 Å². The molecule has 174 valence electrons. The molecule has 1 aliphatic rings. The van der Waals surface area contributed by atoms with Gasteiger partial charge in [0, 0.05) is 44.1 Å². The zero-order valence-corrected chi connectivity index (χ0v) is 20.7. The van der Waals surface area contributed by atoms with Crippen molar-refractivity contribution in [2.75, 3.05) is 32.1 Å². The second-order valence-corrected chi connectivity index (χ2v) is 9.59. The maximum Gasteiger partial charge on any atom is 0.307 e. The fraction of sp³-hybridized carbons (Fsp3) is 0.583. The molecule has 6 nitrogen and oxygen atoms in total. The van der Waals surface area contributed by atoms with E-state index in [0.29, 0.717) is 5.92 Å². The summed E-state index contributed by atoms with van der Waals surface area (Å²) in [7, 11) is 1.90. The van der Waals surface area contributed by atoms with Gasteiger partial charge in [0.05, 0.1) is 17.8 Å². The molecule has 1 heterocycles. The molecule has 0 aromatic heterocycles. The molecule has 0 saturated carbocycles. The zero-order chi connectivity index (χ0) is 23.3. The number of carboxylic acids is 1. The highest BCUT2D eigenvalue weighted by Gasteiger charge is 2.15. The predicted molar refractivity (Wildman–Crippen MR) is 132 cm³/mol. The summed E-state index contributed by atoms with van der Waals surface area (Å²) in [5.74, 6) is -0.207. The van der Waals surface area contributed by atoms with Crippen LogP contribution in [0.1, 0.15) is 53.9 Å². The molecule has 31 heavy (non-hydrogen) atoms. The number of nitrogens with zero attached hydrogens (tertiary/aromatic N) is 2. The SMILES string of the molecule is CC.CN(/C=C\CC(=O)O)Sc1ccc(NCC2CCOCC2)c(N=CC(C)(C)C)c1. The molecule has 1 aromatic rings. The number of benzene rings is 1. The Hall–Kier alpha value is -1.99. The molecule has 1 saturated heterocycles. The Balaban J connectivity index is 0.00000233. The molecule has 1 aliphatic heterocycles. The van der Waals surface area contributed by atoms with Gasteiger partial charge in [-0.05, 0) is 54.3 Å². The van der Waals surface area contributed by atoms with Gasteiger partial charge in [-0.25, -0.2) is 0 Å². The number of anilines is 1. The van der Waals surface area contributed by atoms with Crippen molar-refractivity contribution in [3.63, 3.8) is 0 Å². The lowest BCUT2D eigenvalue weighted by Gasteiger charge is -2.23. The van der Waals surface area contributed by atoms with E-state index in [0.717, 1.165) is 48.9 Å². The molecule has 0 bridgehead atoms. The first kappa shape index (κ1) is 27.0. The highest BCUT2D eigenvalue weighted by molar-refractivity contribution is 7.97. The first-order valence-corrected chi connectivity index (χ1v) is 11.8. The van der Waals surface area contributed by atoms with Crippen LogP contribution >= 0.6 is 11.9 Å². The molecule has 2 rings (SSSR count). The Kier molecular flexibility index (Phi) is 12.3. The second kappa shape index (κ2) is 14.1. The summed E-state index contributed by atoms with van der Waals surface area (Å²) in [6, 6.07) is 6.21. The third-order valence-electron chi connectivity index (χ3n) is 4.34. The summed E-state index contributed by atoms with van der Waals surface area (Å²) >= 11 is 1.53. The van der Waals surface area contributed by atoms with Crippen molar-refractivity contribution >= 4 is 35.5 Å². The number of aliphatic imine (C=N–C) groups is 1. The van der Waals surface area contributed by atoms with Crippen LogP contribution in [0.3, 0.4) is 0 Å². The number of nitrogens with one attached hydrogen (secondary N) is 1. The van der Waals surface area contributed by atoms with E-state index in [1.165, 1.54) is 11.9 Å². The highest BCUT2D eigenvalue weighted by Crippen LogP contribution is 2.33. The summed E-state index contributed by atoms with van der Waals surface area (Å²) in [6.45, 7) is 13.0. The van der Waals surface area contributed by atoms with E-state index in [1.807, 2.05) is 31.4 Å². The normalized spacial score (nSPS) is 15.0. The van der Waals surface area contributed by atoms with Crippen molar-refractivity contribution in [1.29, 1.82) is 0 Å². The molecule has 0 atom stereocenters. The van der Waals surface area contributed by atoms with Crippen molar-refractivity contribution in [1.82, 2.24) is 4.31 Å². The zero-order valence-electron chi connectivity index (χ0n) is 19.9. The molecule has 0 aliphatic carbocycles. The number of carboxylic acid groups (broad SMARTS) is 1. The molecular weight excluding hydrogens is 410 g/mol. The predicted octanol–water partition coefficient (Wildman–Crippen LogP) is 6.23. The summed E-state index contributed by atoms with van der Waals surface area (Å²) in [6.07, 6.45) is 7.59. The molecule has 1 aromatic carbocycles. The first-order chi connectivity index (χ1) is 14.7. The van der Waals surface area contributed by atoms with E-state index in [2.05, 4.69) is 44.3 Å². The van der Waals surface area contributed by atoms with Crippen LogP contribution in [0.2, 0.25) is 0 Å². The number of aliphatic carboxylic acids is 1. The van der Waals surface area contributed by atoms with Gasteiger partial charge < -0.3 is 19.5 Å². The number of hydrogen-bond acceptors (Lipinski definition) is 6. The largest absolute Gasteiger partial charge is 0.481 e. The molecule has 1 fully saturated rings. The first-order valence-electron chi connectivity index (χ1n) is 11.0. The van der Waals surface area contributed by atoms with Gasteiger partial charge in [0.2, 0.25) is 0 Å². The van der Waals surface area contributed by atoms with Gasteiger partial charge in [-0.3, -0.25) is 9.79 Å². The average Bonchev–Trinajstić information content (AvgIpc) is 2.73. The minimum absolute atomic E-state index is 0.00249. The minimum Gasteiger partial charge on any atom is -0.481 e. The van der Waals surface area contributed by atoms with Crippen LogP contribution in [0.25, 0.3) is 0 Å². The van der Waals surface area contributed by atoms with Gasteiger partial charge in [0.15, 0.2) is 0 Å². The van der Waals surface area contributed by atoms with Crippen LogP contribution in [0, 0.1) is 11.3 Å². The monoisotopic (exact) mass is 449 g/mol. The van der Waals surface area contributed by atoms with Crippen molar-refractivity contribution in [2.24, 2.45) is 16.3 Å². The van der Waals surface area contributed by atoms with E-state index in [1.54, 1.807) is 12.3 Å². The van der Waals surface area contributed by atoms with Crippen LogP contribution in [-0.2, 0) is 9.53 Å². The molecule has 0 amide bonds. The van der Waals surface area contributed by atoms with Crippen LogP contribution in [0.4, 0.5) is 11.4 Å². The van der Waals surface area contributed by atoms with Gasteiger partial charge in [-0.15, -0.1) is 0 Å². The van der Waals surface area contributed by atoms with Gasteiger partial charge >= 0.3 is 5.97 Å². The van der Waals surface area contributed by atoms with Gasteiger partial charge in [-0.2, -0.15) is 0 Å².